The van der Waals surface area contributed by atoms with Crippen molar-refractivity contribution in [3.05, 3.63) is 83.1 Å². The topological polar surface area (TPSA) is 94.6 Å². The number of ether oxygens (including phenoxy) is 1. The highest BCUT2D eigenvalue weighted by Crippen LogP contribution is 2.34. The Morgan fingerprint density at radius 1 is 0.972 bits per heavy atom. The van der Waals surface area contributed by atoms with Gasteiger partial charge in [-0.05, 0) is 50.1 Å². The lowest BCUT2D eigenvalue weighted by molar-refractivity contribution is 0.0570. The quantitative estimate of drug-likeness (QED) is 0.345. The van der Waals surface area contributed by atoms with E-state index in [0.29, 0.717) is 29.0 Å². The van der Waals surface area contributed by atoms with Crippen molar-refractivity contribution in [2.45, 2.75) is 33.2 Å². The summed E-state index contributed by atoms with van der Waals surface area (Å²) in [6.45, 7) is 5.99. The van der Waals surface area contributed by atoms with Crippen molar-refractivity contribution in [3.8, 4) is 11.4 Å². The number of aromatic nitrogens is 5. The Labute approximate surface area is 207 Å². The zero-order valence-corrected chi connectivity index (χ0v) is 20.4. The number of methoxy groups -OCH3 is 1. The van der Waals surface area contributed by atoms with E-state index in [4.69, 9.17) is 14.7 Å². The second-order valence-electron chi connectivity index (χ2n) is 8.88. The third-order valence-electron chi connectivity index (χ3n) is 6.98. The summed E-state index contributed by atoms with van der Waals surface area (Å²) in [5, 5.41) is 5.53. The number of amides is 2. The standard InChI is InChI=1S/C27H24N6O3/c1-5-21(33-26(34)19-11-6-7-12-20(19)27(33)35)23-29-25-22-15(2)16(3)32(24(22)28-14-31(25)30-23)17-9-8-10-18(13-17)36-4/h6-14,21H,5H2,1-4H3/t21-/m0/s1. The molecule has 0 bridgehead atoms. The van der Waals surface area contributed by atoms with Crippen LogP contribution < -0.4 is 4.74 Å². The van der Waals surface area contributed by atoms with Crippen molar-refractivity contribution >= 4 is 28.5 Å². The number of benzene rings is 2. The van der Waals surface area contributed by atoms with Crippen LogP contribution in [-0.4, -0.2) is 48.0 Å². The highest BCUT2D eigenvalue weighted by Gasteiger charge is 2.41. The number of carbonyl (C=O) groups excluding carboxylic acids is 2. The molecule has 0 unspecified atom stereocenters. The summed E-state index contributed by atoms with van der Waals surface area (Å²) in [4.78, 5) is 37.1. The minimum atomic E-state index is -0.589. The van der Waals surface area contributed by atoms with E-state index in [9.17, 15) is 9.59 Å². The first-order chi connectivity index (χ1) is 17.4. The number of carbonyl (C=O) groups is 2. The van der Waals surface area contributed by atoms with Crippen LogP contribution in [0.25, 0.3) is 22.4 Å². The lowest BCUT2D eigenvalue weighted by Crippen LogP contribution is -2.34. The maximum Gasteiger partial charge on any atom is 0.262 e. The van der Waals surface area contributed by atoms with Crippen LogP contribution in [0.3, 0.4) is 0 Å². The number of fused-ring (bicyclic) bond motifs is 4. The molecule has 1 aliphatic heterocycles. The second-order valence-corrected chi connectivity index (χ2v) is 8.88. The van der Waals surface area contributed by atoms with E-state index in [1.165, 1.54) is 4.90 Å². The Hall–Kier alpha value is -4.53. The van der Waals surface area contributed by atoms with Gasteiger partial charge < -0.3 is 4.74 Å². The van der Waals surface area contributed by atoms with Gasteiger partial charge in [-0.3, -0.25) is 19.1 Å². The third kappa shape index (κ3) is 2.98. The number of hydrogen-bond acceptors (Lipinski definition) is 6. The van der Waals surface area contributed by atoms with Crippen LogP contribution in [0.15, 0.2) is 54.9 Å². The predicted octanol–water partition coefficient (Wildman–Crippen LogP) is 4.44. The Kier molecular flexibility index (Phi) is 4.89. The Balaban J connectivity index is 1.50. The maximum atomic E-state index is 13.1. The van der Waals surface area contributed by atoms with E-state index in [1.54, 1.807) is 42.2 Å². The Bertz CT molecular complexity index is 1660. The summed E-state index contributed by atoms with van der Waals surface area (Å²) in [6.07, 6.45) is 2.11. The number of aryl methyl sites for hydroxylation is 1. The van der Waals surface area contributed by atoms with Gasteiger partial charge in [0.05, 0.1) is 29.3 Å². The average molecular weight is 481 g/mol. The smallest absolute Gasteiger partial charge is 0.262 e. The van der Waals surface area contributed by atoms with Crippen molar-refractivity contribution in [2.75, 3.05) is 7.11 Å². The minimum absolute atomic E-state index is 0.319. The van der Waals surface area contributed by atoms with Gasteiger partial charge in [-0.1, -0.05) is 25.1 Å². The largest absolute Gasteiger partial charge is 0.497 e. The summed E-state index contributed by atoms with van der Waals surface area (Å²) < 4.78 is 9.12. The average Bonchev–Trinajstić information content (AvgIpc) is 3.52. The molecular weight excluding hydrogens is 456 g/mol. The number of imide groups is 1. The van der Waals surface area contributed by atoms with Gasteiger partial charge >= 0.3 is 0 Å². The molecule has 0 spiro atoms. The fourth-order valence-corrected chi connectivity index (χ4v) is 5.06. The van der Waals surface area contributed by atoms with Gasteiger partial charge in [0.25, 0.3) is 11.8 Å². The van der Waals surface area contributed by atoms with Gasteiger partial charge in [0, 0.05) is 11.8 Å². The van der Waals surface area contributed by atoms with Gasteiger partial charge in [-0.2, -0.15) is 0 Å². The fraction of sp³-hybridized carbons (Fsp3) is 0.222. The molecule has 0 fully saturated rings. The monoisotopic (exact) mass is 480 g/mol. The molecule has 0 radical (unpaired) electrons. The lowest BCUT2D eigenvalue weighted by Gasteiger charge is -2.22. The van der Waals surface area contributed by atoms with E-state index in [1.807, 2.05) is 45.0 Å². The van der Waals surface area contributed by atoms with Gasteiger partial charge in [-0.15, -0.1) is 5.10 Å². The molecule has 9 heteroatoms. The van der Waals surface area contributed by atoms with Crippen molar-refractivity contribution < 1.29 is 14.3 Å². The summed E-state index contributed by atoms with van der Waals surface area (Å²) in [5.41, 5.74) is 5.19. The molecule has 0 N–H and O–H groups in total. The molecule has 2 amide bonds. The van der Waals surface area contributed by atoms with Gasteiger partial charge in [0.1, 0.15) is 18.1 Å². The van der Waals surface area contributed by atoms with Crippen LogP contribution in [0.2, 0.25) is 0 Å². The molecule has 0 saturated heterocycles. The molecule has 1 aliphatic rings. The SMILES string of the molecule is CC[C@@H](c1nc2c3c(C)c(C)n(-c4cccc(OC)c4)c3ncn2n1)N1C(=O)c2ccccc2C1=O. The van der Waals surface area contributed by atoms with Crippen molar-refractivity contribution in [3.63, 3.8) is 0 Å². The molecule has 180 valence electrons. The Morgan fingerprint density at radius 3 is 2.36 bits per heavy atom. The molecule has 9 nitrogen and oxygen atoms in total. The van der Waals surface area contributed by atoms with Crippen LogP contribution in [0.4, 0.5) is 0 Å². The number of hydrogen-bond donors (Lipinski definition) is 0. The van der Waals surface area contributed by atoms with Crippen molar-refractivity contribution in [2.24, 2.45) is 0 Å². The molecule has 6 rings (SSSR count). The summed E-state index contributed by atoms with van der Waals surface area (Å²) in [6, 6.07) is 14.1. The molecule has 5 aromatic rings. The van der Waals surface area contributed by atoms with Crippen LogP contribution in [0, 0.1) is 13.8 Å². The van der Waals surface area contributed by atoms with Crippen molar-refractivity contribution in [1.29, 1.82) is 0 Å². The van der Waals surface area contributed by atoms with Crippen LogP contribution in [0.5, 0.6) is 5.75 Å². The highest BCUT2D eigenvalue weighted by molar-refractivity contribution is 6.21. The van der Waals surface area contributed by atoms with E-state index in [2.05, 4.69) is 9.67 Å². The summed E-state index contributed by atoms with van der Waals surface area (Å²) >= 11 is 0. The number of rotatable bonds is 5. The predicted molar refractivity (Wildman–Crippen MR) is 134 cm³/mol. The van der Waals surface area contributed by atoms with Gasteiger partial charge in [0.2, 0.25) is 0 Å². The van der Waals surface area contributed by atoms with Crippen molar-refractivity contribution in [1.82, 2.24) is 29.0 Å². The Morgan fingerprint density at radius 2 is 1.69 bits per heavy atom. The minimum Gasteiger partial charge on any atom is -0.497 e. The van der Waals surface area contributed by atoms with Crippen LogP contribution >= 0.6 is 0 Å². The van der Waals surface area contributed by atoms with E-state index < -0.39 is 6.04 Å². The molecular formula is C27H24N6O3. The zero-order chi connectivity index (χ0) is 25.1. The lowest BCUT2D eigenvalue weighted by atomic mass is 10.1. The number of nitrogens with zero attached hydrogens (tertiary/aromatic N) is 6. The fourth-order valence-electron chi connectivity index (χ4n) is 5.06. The second kappa shape index (κ2) is 8.01. The summed E-state index contributed by atoms with van der Waals surface area (Å²) in [5.74, 6) is 0.526. The molecule has 0 aliphatic carbocycles. The van der Waals surface area contributed by atoms with E-state index in [-0.39, 0.29) is 11.8 Å². The first-order valence-electron chi connectivity index (χ1n) is 11.8. The van der Waals surface area contributed by atoms with Crippen LogP contribution in [0.1, 0.15) is 57.2 Å². The highest BCUT2D eigenvalue weighted by atomic mass is 16.5. The van der Waals surface area contributed by atoms with E-state index >= 15 is 0 Å². The molecule has 0 saturated carbocycles. The molecule has 4 heterocycles. The first-order valence-corrected chi connectivity index (χ1v) is 11.8. The maximum absolute atomic E-state index is 13.1. The molecule has 3 aromatic heterocycles. The third-order valence-corrected chi connectivity index (χ3v) is 6.98. The van der Waals surface area contributed by atoms with Gasteiger partial charge in [-0.25, -0.2) is 14.5 Å². The van der Waals surface area contributed by atoms with Crippen LogP contribution in [-0.2, 0) is 0 Å². The normalized spacial score (nSPS) is 14.2. The zero-order valence-electron chi connectivity index (χ0n) is 20.4. The summed E-state index contributed by atoms with van der Waals surface area (Å²) in [7, 11) is 1.64. The molecule has 36 heavy (non-hydrogen) atoms. The van der Waals surface area contributed by atoms with E-state index in [0.717, 1.165) is 33.7 Å². The van der Waals surface area contributed by atoms with Gasteiger partial charge in [0.15, 0.2) is 17.1 Å². The molecule has 1 atom stereocenters. The molecule has 2 aromatic carbocycles. The first kappa shape index (κ1) is 22.0.